The molecule has 0 unspecified atom stereocenters. The maximum absolute atomic E-state index is 5.50. The fourth-order valence-corrected chi connectivity index (χ4v) is 1.52. The summed E-state index contributed by atoms with van der Waals surface area (Å²) < 4.78 is 5.50. The van der Waals surface area contributed by atoms with E-state index in [0.717, 1.165) is 18.4 Å². The number of nitrogens with one attached hydrogen (secondary N) is 1. The van der Waals surface area contributed by atoms with Crippen LogP contribution in [-0.4, -0.2) is 15.2 Å². The van der Waals surface area contributed by atoms with Crippen LogP contribution in [0.25, 0.3) is 0 Å². The Morgan fingerprint density at radius 2 is 2.22 bits per heavy atom. The largest absolute Gasteiger partial charge is 0.408 e. The third-order valence-corrected chi connectivity index (χ3v) is 2.57. The third-order valence-electron chi connectivity index (χ3n) is 2.57. The zero-order chi connectivity index (χ0) is 12.8. The molecule has 96 valence electrons. The van der Waals surface area contributed by atoms with Gasteiger partial charge in [0, 0.05) is 25.4 Å². The summed E-state index contributed by atoms with van der Waals surface area (Å²) in [5.41, 5.74) is 1.08. The first kappa shape index (κ1) is 12.5. The summed E-state index contributed by atoms with van der Waals surface area (Å²) in [6.07, 6.45) is 5.45. The second-order valence-corrected chi connectivity index (χ2v) is 4.65. The predicted octanol–water partition coefficient (Wildman–Crippen LogP) is 2.67. The average Bonchev–Trinajstić information content (AvgIpc) is 2.83. The number of hydrogen-bond donors (Lipinski definition) is 1. The lowest BCUT2D eigenvalue weighted by atomic mass is 10.1. The van der Waals surface area contributed by atoms with Crippen molar-refractivity contribution in [3.05, 3.63) is 36.0 Å². The number of hydrogen-bond acceptors (Lipinski definition) is 5. The van der Waals surface area contributed by atoms with E-state index in [2.05, 4.69) is 34.3 Å². The lowest BCUT2D eigenvalue weighted by Crippen LogP contribution is -1.99. The van der Waals surface area contributed by atoms with E-state index in [1.165, 1.54) is 0 Å². The zero-order valence-electron chi connectivity index (χ0n) is 10.8. The van der Waals surface area contributed by atoms with Crippen molar-refractivity contribution in [3.63, 3.8) is 0 Å². The quantitative estimate of drug-likeness (QED) is 0.849. The van der Waals surface area contributed by atoms with Gasteiger partial charge in [-0.1, -0.05) is 25.0 Å². The van der Waals surface area contributed by atoms with Gasteiger partial charge in [0.2, 0.25) is 5.89 Å². The van der Waals surface area contributed by atoms with Crippen molar-refractivity contribution in [3.8, 4) is 0 Å². The van der Waals surface area contributed by atoms with Crippen molar-refractivity contribution in [2.45, 2.75) is 33.2 Å². The van der Waals surface area contributed by atoms with Crippen molar-refractivity contribution in [2.24, 2.45) is 5.92 Å². The first-order valence-corrected chi connectivity index (χ1v) is 6.19. The SMILES string of the molecule is CC(C)CCc1nnc(NCc2cccnc2)o1. The smallest absolute Gasteiger partial charge is 0.315 e. The molecule has 0 saturated carbocycles. The van der Waals surface area contributed by atoms with Gasteiger partial charge in [-0.2, -0.15) is 0 Å². The van der Waals surface area contributed by atoms with Gasteiger partial charge in [-0.05, 0) is 24.0 Å². The molecule has 0 aliphatic carbocycles. The summed E-state index contributed by atoms with van der Waals surface area (Å²) in [6, 6.07) is 4.37. The highest BCUT2D eigenvalue weighted by Gasteiger charge is 2.06. The molecule has 0 saturated heterocycles. The lowest BCUT2D eigenvalue weighted by molar-refractivity contribution is 0.469. The molecule has 0 aliphatic heterocycles. The van der Waals surface area contributed by atoms with Crippen molar-refractivity contribution in [2.75, 3.05) is 5.32 Å². The van der Waals surface area contributed by atoms with Gasteiger partial charge in [-0.15, -0.1) is 5.10 Å². The summed E-state index contributed by atoms with van der Waals surface area (Å²) in [7, 11) is 0. The van der Waals surface area contributed by atoms with E-state index in [0.29, 0.717) is 24.4 Å². The Hall–Kier alpha value is -1.91. The second kappa shape index (κ2) is 6.14. The minimum atomic E-state index is 0.470. The third kappa shape index (κ3) is 3.84. The summed E-state index contributed by atoms with van der Waals surface area (Å²) in [5.74, 6) is 1.33. The van der Waals surface area contributed by atoms with Gasteiger partial charge in [0.15, 0.2) is 0 Å². The first-order valence-electron chi connectivity index (χ1n) is 6.19. The molecule has 2 aromatic heterocycles. The lowest BCUT2D eigenvalue weighted by Gasteiger charge is -2.01. The van der Waals surface area contributed by atoms with Crippen LogP contribution in [0.3, 0.4) is 0 Å². The number of pyridine rings is 1. The maximum Gasteiger partial charge on any atom is 0.315 e. The number of aryl methyl sites for hydroxylation is 1. The molecule has 5 nitrogen and oxygen atoms in total. The van der Waals surface area contributed by atoms with E-state index < -0.39 is 0 Å². The number of rotatable bonds is 6. The fraction of sp³-hybridized carbons (Fsp3) is 0.462. The van der Waals surface area contributed by atoms with Gasteiger partial charge in [-0.3, -0.25) is 4.98 Å². The van der Waals surface area contributed by atoms with E-state index in [-0.39, 0.29) is 0 Å². The van der Waals surface area contributed by atoms with Crippen LogP contribution in [0.15, 0.2) is 28.9 Å². The zero-order valence-corrected chi connectivity index (χ0v) is 10.8. The van der Waals surface area contributed by atoms with Crippen LogP contribution in [0.2, 0.25) is 0 Å². The summed E-state index contributed by atoms with van der Waals surface area (Å²) in [5, 5.41) is 11.1. The molecule has 0 aromatic carbocycles. The molecule has 0 atom stereocenters. The van der Waals surface area contributed by atoms with E-state index in [1.54, 1.807) is 6.20 Å². The molecular formula is C13H18N4O. The minimum Gasteiger partial charge on any atom is -0.408 e. The average molecular weight is 246 g/mol. The number of aromatic nitrogens is 3. The molecular weight excluding hydrogens is 228 g/mol. The summed E-state index contributed by atoms with van der Waals surface area (Å²) in [6.45, 7) is 5.00. The first-order chi connectivity index (χ1) is 8.74. The topological polar surface area (TPSA) is 63.8 Å². The molecule has 0 fully saturated rings. The molecule has 0 aliphatic rings. The van der Waals surface area contributed by atoms with Crippen LogP contribution in [0, 0.1) is 5.92 Å². The Bertz CT molecular complexity index is 467. The van der Waals surface area contributed by atoms with Gasteiger partial charge < -0.3 is 9.73 Å². The van der Waals surface area contributed by atoms with Gasteiger partial charge >= 0.3 is 6.01 Å². The number of nitrogens with zero attached hydrogens (tertiary/aromatic N) is 3. The molecule has 0 bridgehead atoms. The Morgan fingerprint density at radius 1 is 1.33 bits per heavy atom. The molecule has 2 aromatic rings. The molecule has 2 rings (SSSR count). The van der Waals surface area contributed by atoms with Crippen molar-refractivity contribution >= 4 is 6.01 Å². The van der Waals surface area contributed by atoms with Crippen molar-refractivity contribution < 1.29 is 4.42 Å². The van der Waals surface area contributed by atoms with E-state index >= 15 is 0 Å². The molecule has 0 spiro atoms. The Labute approximate surface area is 107 Å². The van der Waals surface area contributed by atoms with Crippen LogP contribution < -0.4 is 5.32 Å². The number of anilines is 1. The Balaban J connectivity index is 1.83. The Morgan fingerprint density at radius 3 is 2.94 bits per heavy atom. The highest BCUT2D eigenvalue weighted by molar-refractivity contribution is 5.21. The van der Waals surface area contributed by atoms with Crippen LogP contribution in [0.4, 0.5) is 6.01 Å². The molecule has 18 heavy (non-hydrogen) atoms. The normalized spacial score (nSPS) is 10.8. The molecule has 2 heterocycles. The van der Waals surface area contributed by atoms with Crippen LogP contribution in [0.5, 0.6) is 0 Å². The molecule has 0 amide bonds. The summed E-state index contributed by atoms with van der Waals surface area (Å²) in [4.78, 5) is 4.04. The monoisotopic (exact) mass is 246 g/mol. The van der Waals surface area contributed by atoms with E-state index in [1.807, 2.05) is 18.3 Å². The Kier molecular flexibility index (Phi) is 4.28. The van der Waals surface area contributed by atoms with Crippen LogP contribution in [0.1, 0.15) is 31.7 Å². The van der Waals surface area contributed by atoms with Crippen molar-refractivity contribution in [1.29, 1.82) is 0 Å². The predicted molar refractivity (Wildman–Crippen MR) is 69.0 cm³/mol. The van der Waals surface area contributed by atoms with Gasteiger partial charge in [0.05, 0.1) is 0 Å². The molecule has 5 heteroatoms. The maximum atomic E-state index is 5.50. The molecule has 1 N–H and O–H groups in total. The highest BCUT2D eigenvalue weighted by Crippen LogP contribution is 2.11. The highest BCUT2D eigenvalue weighted by atomic mass is 16.4. The standard InChI is InChI=1S/C13H18N4O/c1-10(2)5-6-12-16-17-13(18-12)15-9-11-4-3-7-14-8-11/h3-4,7-8,10H,5-6,9H2,1-2H3,(H,15,17). The van der Waals surface area contributed by atoms with Crippen LogP contribution in [-0.2, 0) is 13.0 Å². The van der Waals surface area contributed by atoms with Gasteiger partial charge in [0.1, 0.15) is 0 Å². The summed E-state index contributed by atoms with van der Waals surface area (Å²) >= 11 is 0. The second-order valence-electron chi connectivity index (χ2n) is 4.65. The minimum absolute atomic E-state index is 0.470. The van der Waals surface area contributed by atoms with Crippen LogP contribution >= 0.6 is 0 Å². The van der Waals surface area contributed by atoms with Crippen molar-refractivity contribution in [1.82, 2.24) is 15.2 Å². The molecule has 0 radical (unpaired) electrons. The fourth-order valence-electron chi connectivity index (χ4n) is 1.52. The van der Waals surface area contributed by atoms with Gasteiger partial charge in [-0.25, -0.2) is 0 Å². The van der Waals surface area contributed by atoms with E-state index in [4.69, 9.17) is 4.42 Å². The van der Waals surface area contributed by atoms with Gasteiger partial charge in [0.25, 0.3) is 0 Å². The van der Waals surface area contributed by atoms with E-state index in [9.17, 15) is 0 Å².